The Morgan fingerprint density at radius 3 is 2.25 bits per heavy atom. The lowest BCUT2D eigenvalue weighted by atomic mass is 10.1. The smallest absolute Gasteiger partial charge is 0.412 e. The Kier molecular flexibility index (Phi) is 7.49. The molecule has 0 unspecified atom stereocenters. The van der Waals surface area contributed by atoms with Crippen LogP contribution in [0, 0.1) is 6.92 Å². The minimum absolute atomic E-state index is 0.0264. The van der Waals surface area contributed by atoms with E-state index in [9.17, 15) is 9.59 Å². The molecule has 5 nitrogen and oxygen atoms in total. The van der Waals surface area contributed by atoms with E-state index < -0.39 is 17.7 Å². The molecule has 166 valence electrons. The van der Waals surface area contributed by atoms with Crippen molar-refractivity contribution < 1.29 is 19.1 Å². The molecular formula is C26H27NO4S. The highest BCUT2D eigenvalue weighted by Crippen LogP contribution is 2.32. The molecule has 0 radical (unpaired) electrons. The van der Waals surface area contributed by atoms with Crippen LogP contribution in [0.2, 0.25) is 0 Å². The molecule has 32 heavy (non-hydrogen) atoms. The van der Waals surface area contributed by atoms with E-state index in [2.05, 4.69) is 5.32 Å². The van der Waals surface area contributed by atoms with Gasteiger partial charge >= 0.3 is 12.1 Å². The highest BCUT2D eigenvalue weighted by molar-refractivity contribution is 7.15. The van der Waals surface area contributed by atoms with Crippen LogP contribution in [0.1, 0.15) is 36.8 Å². The van der Waals surface area contributed by atoms with Crippen molar-refractivity contribution in [2.45, 2.75) is 39.9 Å². The molecule has 0 bridgehead atoms. The Morgan fingerprint density at radius 2 is 1.62 bits per heavy atom. The number of hydrogen-bond donors (Lipinski definition) is 1. The van der Waals surface area contributed by atoms with Gasteiger partial charge in [-0.3, -0.25) is 5.32 Å². The van der Waals surface area contributed by atoms with Crippen LogP contribution in [0.3, 0.4) is 0 Å². The monoisotopic (exact) mass is 449 g/mol. The summed E-state index contributed by atoms with van der Waals surface area (Å²) >= 11 is 1.62. The molecule has 2 aromatic carbocycles. The number of nitrogens with one attached hydrogen (secondary N) is 1. The van der Waals surface area contributed by atoms with E-state index in [4.69, 9.17) is 9.47 Å². The van der Waals surface area contributed by atoms with Crippen LogP contribution in [0.25, 0.3) is 16.5 Å². The lowest BCUT2D eigenvalue weighted by molar-refractivity contribution is -0.150. The summed E-state index contributed by atoms with van der Waals surface area (Å²) in [5, 5.41) is 2.56. The standard InChI is InChI=1S/C26H27NO4S/c1-18-21(16-23(32-18)20-13-9-6-10-14-20)15-22(24(28)31-26(2,3)4)27-25(29)30-17-19-11-7-5-8-12-19/h5-16H,17H2,1-4H3,(H,27,29)/b22-15-. The van der Waals surface area contributed by atoms with Crippen LogP contribution >= 0.6 is 11.3 Å². The Morgan fingerprint density at radius 1 is 1.00 bits per heavy atom. The van der Waals surface area contributed by atoms with Crippen LogP contribution in [0.15, 0.2) is 72.4 Å². The molecule has 1 heterocycles. The molecule has 1 aromatic heterocycles. The second kappa shape index (κ2) is 10.3. The number of ether oxygens (including phenoxy) is 2. The topological polar surface area (TPSA) is 64.6 Å². The zero-order valence-corrected chi connectivity index (χ0v) is 19.5. The second-order valence-corrected chi connectivity index (χ2v) is 9.49. The largest absolute Gasteiger partial charge is 0.455 e. The molecule has 0 saturated heterocycles. The van der Waals surface area contributed by atoms with Gasteiger partial charge in [-0.1, -0.05) is 60.7 Å². The van der Waals surface area contributed by atoms with Crippen molar-refractivity contribution in [3.63, 3.8) is 0 Å². The quantitative estimate of drug-likeness (QED) is 0.353. The summed E-state index contributed by atoms with van der Waals surface area (Å²) in [6, 6.07) is 21.3. The highest BCUT2D eigenvalue weighted by atomic mass is 32.1. The van der Waals surface area contributed by atoms with Gasteiger partial charge in [-0.2, -0.15) is 0 Å². The Labute approximate surface area is 192 Å². The molecule has 1 amide bonds. The van der Waals surface area contributed by atoms with Gasteiger partial charge in [-0.15, -0.1) is 11.3 Å². The SMILES string of the molecule is Cc1sc(-c2ccccc2)cc1/C=C(\NC(=O)OCc1ccccc1)C(=O)OC(C)(C)C. The normalized spacial score (nSPS) is 11.7. The Balaban J connectivity index is 1.82. The van der Waals surface area contributed by atoms with Gasteiger partial charge in [0.15, 0.2) is 0 Å². The summed E-state index contributed by atoms with van der Waals surface area (Å²) in [7, 11) is 0. The molecule has 0 aliphatic rings. The molecule has 1 N–H and O–H groups in total. The van der Waals surface area contributed by atoms with E-state index in [0.717, 1.165) is 26.4 Å². The zero-order valence-electron chi connectivity index (χ0n) is 18.7. The van der Waals surface area contributed by atoms with Crippen molar-refractivity contribution in [1.29, 1.82) is 0 Å². The van der Waals surface area contributed by atoms with E-state index in [-0.39, 0.29) is 12.3 Å². The highest BCUT2D eigenvalue weighted by Gasteiger charge is 2.22. The average molecular weight is 450 g/mol. The molecule has 0 saturated carbocycles. The molecule has 3 rings (SSSR count). The average Bonchev–Trinajstić information content (AvgIpc) is 3.12. The van der Waals surface area contributed by atoms with E-state index >= 15 is 0 Å². The van der Waals surface area contributed by atoms with E-state index in [1.54, 1.807) is 38.2 Å². The fourth-order valence-electron chi connectivity index (χ4n) is 2.89. The Hall–Kier alpha value is -3.38. The summed E-state index contributed by atoms with van der Waals surface area (Å²) in [4.78, 5) is 27.3. The number of carbonyl (C=O) groups excluding carboxylic acids is 2. The molecule has 0 aliphatic carbocycles. The van der Waals surface area contributed by atoms with Gasteiger partial charge in [0.05, 0.1) is 0 Å². The lowest BCUT2D eigenvalue weighted by Gasteiger charge is -2.20. The fraction of sp³-hybridized carbons (Fsp3) is 0.231. The lowest BCUT2D eigenvalue weighted by Crippen LogP contribution is -2.33. The van der Waals surface area contributed by atoms with Crippen molar-refractivity contribution in [1.82, 2.24) is 5.32 Å². The van der Waals surface area contributed by atoms with Crippen LogP contribution in [0.5, 0.6) is 0 Å². The van der Waals surface area contributed by atoms with Crippen molar-refractivity contribution in [2.75, 3.05) is 0 Å². The number of rotatable bonds is 6. The van der Waals surface area contributed by atoms with Gasteiger partial charge in [0.25, 0.3) is 0 Å². The Bertz CT molecular complexity index is 1100. The third-order valence-electron chi connectivity index (χ3n) is 4.38. The fourth-order valence-corrected chi connectivity index (χ4v) is 3.89. The first kappa shape index (κ1) is 23.3. The van der Waals surface area contributed by atoms with Crippen LogP contribution in [-0.2, 0) is 20.9 Å². The number of aryl methyl sites for hydroxylation is 1. The summed E-state index contributed by atoms with van der Waals surface area (Å²) < 4.78 is 10.8. The zero-order chi connectivity index (χ0) is 23.1. The molecule has 0 fully saturated rings. The molecule has 0 aliphatic heterocycles. The summed E-state index contributed by atoms with van der Waals surface area (Å²) in [5.74, 6) is -0.624. The van der Waals surface area contributed by atoms with Gasteiger partial charge in [-0.25, -0.2) is 9.59 Å². The number of benzene rings is 2. The number of alkyl carbamates (subject to hydrolysis) is 1. The van der Waals surface area contributed by atoms with Crippen molar-refractivity contribution in [2.24, 2.45) is 0 Å². The first-order valence-electron chi connectivity index (χ1n) is 10.3. The molecule has 0 spiro atoms. The van der Waals surface area contributed by atoms with Gasteiger partial charge in [0.1, 0.15) is 17.9 Å². The minimum atomic E-state index is -0.720. The molecule has 0 atom stereocenters. The summed E-state index contributed by atoms with van der Waals surface area (Å²) in [6.45, 7) is 7.41. The number of thiophene rings is 1. The summed E-state index contributed by atoms with van der Waals surface area (Å²) in [6.07, 6.45) is 0.915. The van der Waals surface area contributed by atoms with Gasteiger partial charge < -0.3 is 9.47 Å². The third kappa shape index (κ3) is 6.82. The molecular weight excluding hydrogens is 422 g/mol. The van der Waals surface area contributed by atoms with Crippen LogP contribution in [-0.4, -0.2) is 17.7 Å². The maximum atomic E-state index is 12.8. The number of hydrogen-bond acceptors (Lipinski definition) is 5. The van der Waals surface area contributed by atoms with Crippen LogP contribution < -0.4 is 5.32 Å². The first-order valence-corrected chi connectivity index (χ1v) is 11.1. The first-order chi connectivity index (χ1) is 15.2. The summed E-state index contributed by atoms with van der Waals surface area (Å²) in [5.41, 5.74) is 2.10. The minimum Gasteiger partial charge on any atom is -0.455 e. The van der Waals surface area contributed by atoms with E-state index in [1.807, 2.05) is 73.7 Å². The van der Waals surface area contributed by atoms with Crippen molar-refractivity contribution >= 4 is 29.5 Å². The van der Waals surface area contributed by atoms with Gasteiger partial charge in [0, 0.05) is 9.75 Å². The van der Waals surface area contributed by atoms with Crippen LogP contribution in [0.4, 0.5) is 4.79 Å². The predicted molar refractivity (Wildman–Crippen MR) is 128 cm³/mol. The number of carbonyl (C=O) groups is 2. The van der Waals surface area contributed by atoms with Gasteiger partial charge in [-0.05, 0) is 56.5 Å². The number of amides is 1. The predicted octanol–water partition coefficient (Wildman–Crippen LogP) is 6.33. The van der Waals surface area contributed by atoms with Gasteiger partial charge in [0.2, 0.25) is 0 Å². The van der Waals surface area contributed by atoms with Crippen molar-refractivity contribution in [3.05, 3.63) is 88.4 Å². The van der Waals surface area contributed by atoms with Crippen molar-refractivity contribution in [3.8, 4) is 10.4 Å². The molecule has 3 aromatic rings. The van der Waals surface area contributed by atoms with E-state index in [0.29, 0.717) is 0 Å². The maximum absolute atomic E-state index is 12.8. The maximum Gasteiger partial charge on any atom is 0.412 e. The molecule has 6 heteroatoms. The number of esters is 1. The second-order valence-electron chi connectivity index (χ2n) is 8.23. The third-order valence-corrected chi connectivity index (χ3v) is 5.50. The van der Waals surface area contributed by atoms with E-state index in [1.165, 1.54) is 0 Å².